The lowest BCUT2D eigenvalue weighted by molar-refractivity contribution is -0.136. The van der Waals surface area contributed by atoms with E-state index in [4.69, 9.17) is 4.74 Å². The van der Waals surface area contributed by atoms with E-state index in [2.05, 4.69) is 17.0 Å². The van der Waals surface area contributed by atoms with Crippen molar-refractivity contribution in [1.29, 1.82) is 0 Å². The van der Waals surface area contributed by atoms with Gasteiger partial charge in [0.2, 0.25) is 15.9 Å². The average molecular weight is 458 g/mol. The van der Waals surface area contributed by atoms with Crippen LogP contribution < -0.4 is 4.74 Å². The molecule has 0 unspecified atom stereocenters. The largest absolute Gasteiger partial charge is 0.497 e. The Balaban J connectivity index is 1.37. The van der Waals surface area contributed by atoms with Crippen LogP contribution in [0.25, 0.3) is 0 Å². The number of nitrogens with zero attached hydrogens (tertiary/aromatic N) is 3. The molecule has 2 heterocycles. The van der Waals surface area contributed by atoms with Crippen molar-refractivity contribution < 1.29 is 17.9 Å². The maximum absolute atomic E-state index is 13.3. The van der Waals surface area contributed by atoms with Crippen LogP contribution in [-0.2, 0) is 21.4 Å². The van der Waals surface area contributed by atoms with Crippen molar-refractivity contribution in [3.63, 3.8) is 0 Å². The highest BCUT2D eigenvalue weighted by Gasteiger charge is 2.41. The summed E-state index contributed by atoms with van der Waals surface area (Å²) < 4.78 is 33.0. The minimum absolute atomic E-state index is 0.0673. The van der Waals surface area contributed by atoms with E-state index in [0.717, 1.165) is 30.9 Å². The Morgan fingerprint density at radius 3 is 2.25 bits per heavy atom. The zero-order valence-electron chi connectivity index (χ0n) is 18.7. The van der Waals surface area contributed by atoms with E-state index in [1.54, 1.807) is 31.4 Å². The summed E-state index contributed by atoms with van der Waals surface area (Å²) in [6.45, 7) is 5.92. The van der Waals surface area contributed by atoms with Gasteiger partial charge in [-0.3, -0.25) is 9.69 Å². The first kappa shape index (κ1) is 22.8. The van der Waals surface area contributed by atoms with Crippen LogP contribution in [0.1, 0.15) is 24.0 Å². The first-order valence-corrected chi connectivity index (χ1v) is 12.5. The van der Waals surface area contributed by atoms with Crippen molar-refractivity contribution in [2.24, 2.45) is 0 Å². The molecule has 0 radical (unpaired) electrons. The van der Waals surface area contributed by atoms with Gasteiger partial charge in [0.25, 0.3) is 0 Å². The van der Waals surface area contributed by atoms with Crippen LogP contribution in [0.3, 0.4) is 0 Å². The molecule has 32 heavy (non-hydrogen) atoms. The van der Waals surface area contributed by atoms with Crippen LogP contribution in [0.4, 0.5) is 0 Å². The van der Waals surface area contributed by atoms with Crippen LogP contribution in [0.15, 0.2) is 53.4 Å². The summed E-state index contributed by atoms with van der Waals surface area (Å²) in [5.41, 5.74) is 2.21. The van der Waals surface area contributed by atoms with Gasteiger partial charge < -0.3 is 9.64 Å². The molecule has 2 aromatic carbocycles. The highest BCUT2D eigenvalue weighted by Crippen LogP contribution is 2.28. The summed E-state index contributed by atoms with van der Waals surface area (Å²) >= 11 is 0. The highest BCUT2D eigenvalue weighted by atomic mass is 32.2. The summed E-state index contributed by atoms with van der Waals surface area (Å²) in [7, 11) is -2.02. The molecule has 172 valence electrons. The number of piperazine rings is 1. The quantitative estimate of drug-likeness (QED) is 0.667. The van der Waals surface area contributed by atoms with Crippen molar-refractivity contribution in [3.8, 4) is 5.75 Å². The van der Waals surface area contributed by atoms with Gasteiger partial charge in [-0.25, -0.2) is 8.42 Å². The predicted molar refractivity (Wildman–Crippen MR) is 123 cm³/mol. The van der Waals surface area contributed by atoms with Crippen molar-refractivity contribution in [3.05, 3.63) is 59.7 Å². The second-order valence-corrected chi connectivity index (χ2v) is 10.4. The van der Waals surface area contributed by atoms with E-state index < -0.39 is 16.1 Å². The summed E-state index contributed by atoms with van der Waals surface area (Å²) in [4.78, 5) is 17.7. The molecule has 7 nitrogen and oxygen atoms in total. The molecule has 2 fully saturated rings. The molecule has 0 saturated carbocycles. The van der Waals surface area contributed by atoms with E-state index in [9.17, 15) is 13.2 Å². The number of aryl methyl sites for hydroxylation is 1. The van der Waals surface area contributed by atoms with Crippen molar-refractivity contribution in [2.45, 2.75) is 37.2 Å². The normalized spacial score (nSPS) is 20.4. The first-order valence-electron chi connectivity index (χ1n) is 11.1. The molecule has 1 amide bonds. The highest BCUT2D eigenvalue weighted by molar-refractivity contribution is 7.89. The molecule has 2 aliphatic rings. The summed E-state index contributed by atoms with van der Waals surface area (Å²) in [6, 6.07) is 14.3. The zero-order chi connectivity index (χ0) is 22.7. The van der Waals surface area contributed by atoms with Gasteiger partial charge in [0.05, 0.1) is 12.0 Å². The lowest BCUT2D eigenvalue weighted by Gasteiger charge is -2.37. The molecular formula is C24H31N3O4S. The van der Waals surface area contributed by atoms with Crippen LogP contribution in [0, 0.1) is 6.92 Å². The summed E-state index contributed by atoms with van der Waals surface area (Å²) in [6.07, 6.45) is 1.29. The third-order valence-electron chi connectivity index (χ3n) is 6.37. The molecule has 0 aromatic heterocycles. The number of hydrogen-bond donors (Lipinski definition) is 0. The maximum atomic E-state index is 13.3. The lowest BCUT2D eigenvalue weighted by Crippen LogP contribution is -2.54. The molecule has 4 rings (SSSR count). The van der Waals surface area contributed by atoms with E-state index >= 15 is 0 Å². The molecule has 0 bridgehead atoms. The molecular weight excluding hydrogens is 426 g/mol. The van der Waals surface area contributed by atoms with Crippen molar-refractivity contribution in [1.82, 2.24) is 14.1 Å². The van der Waals surface area contributed by atoms with E-state index in [0.29, 0.717) is 32.5 Å². The average Bonchev–Trinajstić information content (AvgIpc) is 3.31. The van der Waals surface area contributed by atoms with Gasteiger partial charge in [-0.15, -0.1) is 0 Å². The van der Waals surface area contributed by atoms with E-state index in [1.807, 2.05) is 24.0 Å². The molecule has 1 atom stereocenters. The topological polar surface area (TPSA) is 70.2 Å². The number of benzene rings is 2. The number of amides is 1. The zero-order valence-corrected chi connectivity index (χ0v) is 19.6. The Kier molecular flexibility index (Phi) is 6.83. The fourth-order valence-electron chi connectivity index (χ4n) is 4.45. The van der Waals surface area contributed by atoms with Gasteiger partial charge >= 0.3 is 0 Å². The van der Waals surface area contributed by atoms with E-state index in [-0.39, 0.29) is 10.8 Å². The van der Waals surface area contributed by atoms with Gasteiger partial charge in [0.15, 0.2) is 0 Å². The van der Waals surface area contributed by atoms with Gasteiger partial charge in [-0.1, -0.05) is 29.8 Å². The Morgan fingerprint density at radius 1 is 0.969 bits per heavy atom. The molecule has 2 saturated heterocycles. The SMILES string of the molecule is COc1ccc(CN2CCN(C(=O)[C@@H]3CCCN3S(=O)(=O)c3ccc(C)cc3)CC2)cc1. The fraction of sp³-hybridized carbons (Fsp3) is 0.458. The van der Waals surface area contributed by atoms with Crippen LogP contribution in [-0.4, -0.2) is 74.3 Å². The number of carbonyl (C=O) groups excluding carboxylic acids is 1. The fourth-order valence-corrected chi connectivity index (χ4v) is 6.10. The third-order valence-corrected chi connectivity index (χ3v) is 8.29. The number of rotatable bonds is 6. The van der Waals surface area contributed by atoms with Crippen LogP contribution in [0.2, 0.25) is 0 Å². The number of hydrogen-bond acceptors (Lipinski definition) is 5. The van der Waals surface area contributed by atoms with Crippen molar-refractivity contribution in [2.75, 3.05) is 39.8 Å². The minimum atomic E-state index is -3.68. The molecule has 8 heteroatoms. The van der Waals surface area contributed by atoms with Gasteiger partial charge in [-0.05, 0) is 49.6 Å². The maximum Gasteiger partial charge on any atom is 0.243 e. The number of sulfonamides is 1. The Morgan fingerprint density at radius 2 is 1.62 bits per heavy atom. The molecule has 0 spiro atoms. The molecule has 2 aromatic rings. The Bertz CT molecular complexity index is 1030. The Hall–Kier alpha value is -2.42. The van der Waals surface area contributed by atoms with Crippen LogP contribution >= 0.6 is 0 Å². The van der Waals surface area contributed by atoms with Gasteiger partial charge in [-0.2, -0.15) is 4.31 Å². The van der Waals surface area contributed by atoms with Gasteiger partial charge in [0.1, 0.15) is 11.8 Å². The first-order chi connectivity index (χ1) is 15.4. The summed E-state index contributed by atoms with van der Waals surface area (Å²) in [5.74, 6) is 0.771. The lowest BCUT2D eigenvalue weighted by atomic mass is 10.1. The Labute approximate surface area is 190 Å². The molecule has 2 aliphatic heterocycles. The van der Waals surface area contributed by atoms with Gasteiger partial charge in [0, 0.05) is 39.3 Å². The third kappa shape index (κ3) is 4.82. The van der Waals surface area contributed by atoms with Crippen LogP contribution in [0.5, 0.6) is 5.75 Å². The minimum Gasteiger partial charge on any atom is -0.497 e. The molecule has 0 aliphatic carbocycles. The second-order valence-electron chi connectivity index (χ2n) is 8.54. The smallest absolute Gasteiger partial charge is 0.243 e. The predicted octanol–water partition coefficient (Wildman–Crippen LogP) is 2.50. The molecule has 0 N–H and O–H groups in total. The number of carbonyl (C=O) groups is 1. The number of methoxy groups -OCH3 is 1. The van der Waals surface area contributed by atoms with E-state index in [1.165, 1.54) is 9.87 Å². The standard InChI is InChI=1S/C24H31N3O4S/c1-19-5-11-22(12-6-19)32(29,30)27-13-3-4-23(27)24(28)26-16-14-25(15-17-26)18-20-7-9-21(31-2)10-8-20/h5-12,23H,3-4,13-18H2,1-2H3/t23-/m0/s1. The number of ether oxygens (including phenoxy) is 1. The monoisotopic (exact) mass is 457 g/mol. The summed E-state index contributed by atoms with van der Waals surface area (Å²) in [5, 5.41) is 0. The van der Waals surface area contributed by atoms with Crippen molar-refractivity contribution >= 4 is 15.9 Å². The second kappa shape index (κ2) is 9.60.